The van der Waals surface area contributed by atoms with Gasteiger partial charge < -0.3 is 5.32 Å². The number of rotatable bonds is 6. The summed E-state index contributed by atoms with van der Waals surface area (Å²) >= 11 is 3.30. The zero-order valence-electron chi connectivity index (χ0n) is 11.5. The van der Waals surface area contributed by atoms with Crippen LogP contribution in [0.1, 0.15) is 25.5 Å². The lowest BCUT2D eigenvalue weighted by Gasteiger charge is -2.21. The maximum absolute atomic E-state index is 13.8. The van der Waals surface area contributed by atoms with Gasteiger partial charge in [-0.3, -0.25) is 0 Å². The normalized spacial score (nSPS) is 14.6. The van der Waals surface area contributed by atoms with E-state index in [4.69, 9.17) is 5.26 Å². The Morgan fingerprint density at radius 2 is 2.20 bits per heavy atom. The summed E-state index contributed by atoms with van der Waals surface area (Å²) in [7, 11) is 0.176. The second-order valence-electron chi connectivity index (χ2n) is 4.75. The number of nitriles is 1. The molecule has 0 heterocycles. The second-order valence-corrected chi connectivity index (χ2v) is 7.51. The third-order valence-electron chi connectivity index (χ3n) is 2.83. The highest BCUT2D eigenvalue weighted by atomic mass is 79.9. The number of hydrogen-bond donors (Lipinski definition) is 2. The van der Waals surface area contributed by atoms with Crippen molar-refractivity contribution in [3.8, 4) is 6.07 Å². The molecule has 110 valence electrons. The third kappa shape index (κ3) is 4.35. The molecular weight excluding hydrogens is 345 g/mol. The van der Waals surface area contributed by atoms with Crippen LogP contribution < -0.4 is 10.0 Å². The van der Waals surface area contributed by atoms with Crippen molar-refractivity contribution in [2.24, 2.45) is 0 Å². The molecule has 2 atom stereocenters. The standard InChI is InChI=1S/C13H17BrFN3OS/c1-13(2,8-16)20(19)18-7-12(17-3)10-6-9(14)4-5-11(10)15/h4-6,12,17-18H,7H2,1-3H3. The first kappa shape index (κ1) is 17.2. The number of likely N-dealkylation sites (N-methyl/N-ethyl adjacent to an activating group) is 1. The van der Waals surface area contributed by atoms with Gasteiger partial charge in [0.1, 0.15) is 21.5 Å². The molecule has 4 nitrogen and oxygen atoms in total. The minimum Gasteiger partial charge on any atom is -0.312 e. The van der Waals surface area contributed by atoms with E-state index in [0.717, 1.165) is 4.47 Å². The molecule has 0 saturated heterocycles. The molecule has 0 fully saturated rings. The number of nitrogens with one attached hydrogen (secondary N) is 2. The summed E-state index contributed by atoms with van der Waals surface area (Å²) in [5, 5.41) is 11.9. The van der Waals surface area contributed by atoms with Gasteiger partial charge in [-0.15, -0.1) is 0 Å². The van der Waals surface area contributed by atoms with Crippen LogP contribution in [-0.2, 0) is 11.0 Å². The lowest BCUT2D eigenvalue weighted by atomic mass is 10.1. The molecule has 0 radical (unpaired) electrons. The molecule has 0 amide bonds. The molecule has 0 bridgehead atoms. The van der Waals surface area contributed by atoms with Crippen molar-refractivity contribution in [1.29, 1.82) is 5.26 Å². The summed E-state index contributed by atoms with van der Waals surface area (Å²) < 4.78 is 28.3. The predicted molar refractivity (Wildman–Crippen MR) is 81.7 cm³/mol. The smallest absolute Gasteiger partial charge is 0.141 e. The van der Waals surface area contributed by atoms with Gasteiger partial charge in [-0.25, -0.2) is 13.3 Å². The maximum atomic E-state index is 13.8. The SMILES string of the molecule is CNC(CNS(=O)C(C)(C)C#N)c1cc(Br)ccc1F. The minimum absolute atomic E-state index is 0.252. The summed E-state index contributed by atoms with van der Waals surface area (Å²) in [5.74, 6) is -0.334. The summed E-state index contributed by atoms with van der Waals surface area (Å²) in [4.78, 5) is 0. The molecule has 0 aliphatic heterocycles. The fourth-order valence-corrected chi connectivity index (χ4v) is 2.67. The molecule has 0 spiro atoms. The molecular formula is C13H17BrFN3OS. The summed E-state index contributed by atoms with van der Waals surface area (Å²) in [6.07, 6.45) is 0. The first-order valence-electron chi connectivity index (χ1n) is 6.00. The van der Waals surface area contributed by atoms with Crippen LogP contribution in [0.25, 0.3) is 0 Å². The number of hydrogen-bond acceptors (Lipinski definition) is 3. The number of halogens is 2. The highest BCUT2D eigenvalue weighted by Gasteiger charge is 2.26. The van der Waals surface area contributed by atoms with Gasteiger partial charge in [0.15, 0.2) is 0 Å². The van der Waals surface area contributed by atoms with E-state index in [1.165, 1.54) is 6.07 Å². The van der Waals surface area contributed by atoms with E-state index < -0.39 is 15.7 Å². The van der Waals surface area contributed by atoms with Crippen molar-refractivity contribution in [2.45, 2.75) is 24.6 Å². The van der Waals surface area contributed by atoms with E-state index in [9.17, 15) is 8.60 Å². The van der Waals surface area contributed by atoms with Crippen LogP contribution in [0, 0.1) is 17.1 Å². The Kier molecular flexibility index (Phi) is 6.27. The zero-order chi connectivity index (χ0) is 15.3. The summed E-state index contributed by atoms with van der Waals surface area (Å²) in [5.41, 5.74) is 0.473. The molecule has 2 unspecified atom stereocenters. The summed E-state index contributed by atoms with van der Waals surface area (Å²) in [6.45, 7) is 3.43. The number of nitrogens with zero attached hydrogens (tertiary/aromatic N) is 1. The average Bonchev–Trinajstić information content (AvgIpc) is 2.42. The van der Waals surface area contributed by atoms with Crippen LogP contribution in [0.15, 0.2) is 22.7 Å². The summed E-state index contributed by atoms with van der Waals surface area (Å²) in [6, 6.07) is 6.31. The van der Waals surface area contributed by atoms with E-state index in [0.29, 0.717) is 5.56 Å². The van der Waals surface area contributed by atoms with E-state index in [1.807, 2.05) is 6.07 Å². The molecule has 1 aromatic rings. The van der Waals surface area contributed by atoms with Gasteiger partial charge in [-0.1, -0.05) is 15.9 Å². The predicted octanol–water partition coefficient (Wildman–Crippen LogP) is 2.40. The van der Waals surface area contributed by atoms with E-state index >= 15 is 0 Å². The van der Waals surface area contributed by atoms with Crippen LogP contribution >= 0.6 is 15.9 Å². The topological polar surface area (TPSA) is 64.9 Å². The van der Waals surface area contributed by atoms with Crippen molar-refractivity contribution >= 4 is 26.9 Å². The second kappa shape index (κ2) is 7.27. The van der Waals surface area contributed by atoms with Gasteiger partial charge in [-0.2, -0.15) is 5.26 Å². The van der Waals surface area contributed by atoms with Crippen molar-refractivity contribution in [1.82, 2.24) is 10.0 Å². The van der Waals surface area contributed by atoms with Gasteiger partial charge in [-0.05, 0) is 39.1 Å². The first-order chi connectivity index (χ1) is 9.31. The number of benzene rings is 1. The van der Waals surface area contributed by atoms with E-state index in [1.54, 1.807) is 33.0 Å². The van der Waals surface area contributed by atoms with Crippen molar-refractivity contribution in [3.63, 3.8) is 0 Å². The Balaban J connectivity index is 2.81. The zero-order valence-corrected chi connectivity index (χ0v) is 13.9. The van der Waals surface area contributed by atoms with Crippen LogP contribution in [0.3, 0.4) is 0 Å². The Labute approximate surface area is 129 Å². The Bertz CT molecular complexity index is 545. The Morgan fingerprint density at radius 1 is 1.55 bits per heavy atom. The van der Waals surface area contributed by atoms with Gasteiger partial charge in [0.2, 0.25) is 0 Å². The van der Waals surface area contributed by atoms with Crippen LogP contribution in [0.2, 0.25) is 0 Å². The monoisotopic (exact) mass is 361 g/mol. The molecule has 1 rings (SSSR count). The Morgan fingerprint density at radius 3 is 2.75 bits per heavy atom. The van der Waals surface area contributed by atoms with Crippen LogP contribution in [-0.4, -0.2) is 22.5 Å². The fraction of sp³-hybridized carbons (Fsp3) is 0.462. The highest BCUT2D eigenvalue weighted by molar-refractivity contribution is 9.10. The Hall–Kier alpha value is -0.810. The van der Waals surface area contributed by atoms with Crippen LogP contribution in [0.5, 0.6) is 0 Å². The largest absolute Gasteiger partial charge is 0.312 e. The molecule has 0 aliphatic carbocycles. The molecule has 1 aromatic carbocycles. The van der Waals surface area contributed by atoms with Crippen molar-refractivity contribution < 1.29 is 8.60 Å². The maximum Gasteiger partial charge on any atom is 0.141 e. The molecule has 20 heavy (non-hydrogen) atoms. The lowest BCUT2D eigenvalue weighted by Crippen LogP contribution is -2.39. The third-order valence-corrected chi connectivity index (χ3v) is 4.77. The van der Waals surface area contributed by atoms with E-state index in [-0.39, 0.29) is 18.4 Å². The molecule has 2 N–H and O–H groups in total. The first-order valence-corrected chi connectivity index (χ1v) is 7.95. The van der Waals surface area contributed by atoms with Gasteiger partial charge >= 0.3 is 0 Å². The molecule has 0 saturated carbocycles. The van der Waals surface area contributed by atoms with Gasteiger partial charge in [0.05, 0.1) is 6.07 Å². The van der Waals surface area contributed by atoms with Gasteiger partial charge in [0, 0.05) is 22.6 Å². The lowest BCUT2D eigenvalue weighted by molar-refractivity contribution is 0.528. The average molecular weight is 362 g/mol. The molecule has 7 heteroatoms. The van der Waals surface area contributed by atoms with E-state index in [2.05, 4.69) is 26.0 Å². The molecule has 0 aromatic heterocycles. The molecule has 0 aliphatic rings. The van der Waals surface area contributed by atoms with Crippen LogP contribution in [0.4, 0.5) is 4.39 Å². The highest BCUT2D eigenvalue weighted by Crippen LogP contribution is 2.21. The van der Waals surface area contributed by atoms with Gasteiger partial charge in [0.25, 0.3) is 0 Å². The van der Waals surface area contributed by atoms with Crippen molar-refractivity contribution in [2.75, 3.05) is 13.6 Å². The minimum atomic E-state index is -1.52. The quantitative estimate of drug-likeness (QED) is 0.817. The fourth-order valence-electron chi connectivity index (χ4n) is 1.53. The van der Waals surface area contributed by atoms with Crippen molar-refractivity contribution in [3.05, 3.63) is 34.1 Å².